The minimum absolute atomic E-state index is 0.0977. The van der Waals surface area contributed by atoms with Crippen LogP contribution in [0.25, 0.3) is 6.08 Å². The number of anilines is 1. The van der Waals surface area contributed by atoms with Gasteiger partial charge in [-0.2, -0.15) is 5.10 Å². The van der Waals surface area contributed by atoms with Gasteiger partial charge in [0.2, 0.25) is 11.8 Å². The topological polar surface area (TPSA) is 67.2 Å². The van der Waals surface area contributed by atoms with Crippen molar-refractivity contribution in [2.24, 2.45) is 7.05 Å². The van der Waals surface area contributed by atoms with E-state index in [4.69, 9.17) is 0 Å². The minimum atomic E-state index is -0.483. The molecule has 6 nitrogen and oxygen atoms in total. The summed E-state index contributed by atoms with van der Waals surface area (Å²) in [4.78, 5) is 26.0. The number of amides is 2. The number of hydrogen-bond donors (Lipinski definition) is 1. The monoisotopic (exact) mass is 310 g/mol. The molecule has 1 fully saturated rings. The normalized spacial score (nSPS) is 17.9. The van der Waals surface area contributed by atoms with E-state index in [-0.39, 0.29) is 11.8 Å². The van der Waals surface area contributed by atoms with Crippen LogP contribution in [0.15, 0.2) is 48.8 Å². The molecule has 3 rings (SSSR count). The summed E-state index contributed by atoms with van der Waals surface area (Å²) in [6.45, 7) is 0.581. The maximum atomic E-state index is 12.4. The van der Waals surface area contributed by atoms with Crippen molar-refractivity contribution in [3.63, 3.8) is 0 Å². The highest BCUT2D eigenvalue weighted by Crippen LogP contribution is 2.20. The lowest BCUT2D eigenvalue weighted by Crippen LogP contribution is -2.40. The average Bonchev–Trinajstić information content (AvgIpc) is 3.13. The smallest absolute Gasteiger partial charge is 0.249 e. The zero-order valence-corrected chi connectivity index (χ0v) is 12.8. The molecule has 0 saturated carbocycles. The van der Waals surface area contributed by atoms with Crippen LogP contribution in [-0.4, -0.2) is 34.2 Å². The Balaban J connectivity index is 1.59. The molecule has 0 aliphatic carbocycles. The summed E-state index contributed by atoms with van der Waals surface area (Å²) in [5, 5.41) is 6.83. The molecule has 23 heavy (non-hydrogen) atoms. The molecule has 1 aliphatic heterocycles. The van der Waals surface area contributed by atoms with Gasteiger partial charge in [0.15, 0.2) is 0 Å². The fourth-order valence-electron chi connectivity index (χ4n) is 2.57. The van der Waals surface area contributed by atoms with Gasteiger partial charge in [-0.1, -0.05) is 30.3 Å². The van der Waals surface area contributed by atoms with Gasteiger partial charge in [0.05, 0.1) is 11.9 Å². The van der Waals surface area contributed by atoms with Crippen LogP contribution in [0.1, 0.15) is 12.0 Å². The zero-order chi connectivity index (χ0) is 16.2. The number of rotatable bonds is 4. The van der Waals surface area contributed by atoms with Crippen molar-refractivity contribution in [3.8, 4) is 0 Å². The Labute approximate surface area is 134 Å². The molecule has 1 atom stereocenters. The van der Waals surface area contributed by atoms with Crippen LogP contribution in [0.5, 0.6) is 0 Å². The van der Waals surface area contributed by atoms with Crippen molar-refractivity contribution in [3.05, 3.63) is 54.4 Å². The van der Waals surface area contributed by atoms with Crippen LogP contribution in [0.4, 0.5) is 5.69 Å². The molecule has 0 spiro atoms. The summed E-state index contributed by atoms with van der Waals surface area (Å²) in [6.07, 6.45) is 7.22. The molecular formula is C17H18N4O2. The lowest BCUT2D eigenvalue weighted by Gasteiger charge is -2.14. The van der Waals surface area contributed by atoms with Crippen LogP contribution >= 0.6 is 0 Å². The van der Waals surface area contributed by atoms with Gasteiger partial charge in [0.25, 0.3) is 0 Å². The SMILES string of the molecule is Cn1cc(N2CCC(NC(=O)/C=C/c3ccccc3)C2=O)cn1. The molecule has 1 unspecified atom stereocenters. The maximum Gasteiger partial charge on any atom is 0.249 e. The van der Waals surface area contributed by atoms with Crippen molar-refractivity contribution in [1.29, 1.82) is 0 Å². The van der Waals surface area contributed by atoms with Crippen LogP contribution in [0, 0.1) is 0 Å². The largest absolute Gasteiger partial charge is 0.341 e. The number of aromatic nitrogens is 2. The van der Waals surface area contributed by atoms with Gasteiger partial charge in [-0.05, 0) is 18.1 Å². The number of hydrogen-bond acceptors (Lipinski definition) is 3. The molecule has 2 amide bonds. The molecule has 1 N–H and O–H groups in total. The van der Waals surface area contributed by atoms with Crippen molar-refractivity contribution in [2.75, 3.05) is 11.4 Å². The van der Waals surface area contributed by atoms with Crippen LogP contribution < -0.4 is 10.2 Å². The molecule has 1 aromatic carbocycles. The van der Waals surface area contributed by atoms with E-state index >= 15 is 0 Å². The first kappa shape index (κ1) is 15.0. The standard InChI is InChI=1S/C17H18N4O2/c1-20-12-14(11-18-20)21-10-9-15(17(21)23)19-16(22)8-7-13-5-3-2-4-6-13/h2-8,11-12,15H,9-10H2,1H3,(H,19,22)/b8-7+. The lowest BCUT2D eigenvalue weighted by molar-refractivity contribution is -0.123. The van der Waals surface area contributed by atoms with E-state index < -0.39 is 6.04 Å². The van der Waals surface area contributed by atoms with Gasteiger partial charge in [0.1, 0.15) is 6.04 Å². The molecule has 1 saturated heterocycles. The Morgan fingerprint density at radius 3 is 2.83 bits per heavy atom. The van der Waals surface area contributed by atoms with E-state index in [9.17, 15) is 9.59 Å². The number of nitrogens with one attached hydrogen (secondary N) is 1. The highest BCUT2D eigenvalue weighted by Gasteiger charge is 2.33. The number of carbonyl (C=O) groups excluding carboxylic acids is 2. The second-order valence-corrected chi connectivity index (χ2v) is 5.46. The van der Waals surface area contributed by atoms with Gasteiger partial charge in [-0.3, -0.25) is 14.3 Å². The number of aryl methyl sites for hydroxylation is 1. The second-order valence-electron chi connectivity index (χ2n) is 5.46. The fraction of sp³-hybridized carbons (Fsp3) is 0.235. The Morgan fingerprint density at radius 2 is 2.13 bits per heavy atom. The lowest BCUT2D eigenvalue weighted by atomic mass is 10.2. The molecule has 1 aromatic heterocycles. The second kappa shape index (κ2) is 6.48. The Kier molecular flexibility index (Phi) is 4.23. The number of nitrogens with zero attached hydrogens (tertiary/aromatic N) is 3. The van der Waals surface area contributed by atoms with Crippen molar-refractivity contribution < 1.29 is 9.59 Å². The third-order valence-electron chi connectivity index (χ3n) is 3.75. The van der Waals surface area contributed by atoms with Gasteiger partial charge < -0.3 is 10.2 Å². The summed E-state index contributed by atoms with van der Waals surface area (Å²) in [7, 11) is 1.80. The predicted octanol–water partition coefficient (Wildman–Crippen LogP) is 1.35. The van der Waals surface area contributed by atoms with Crippen LogP contribution in [0.2, 0.25) is 0 Å². The van der Waals surface area contributed by atoms with Gasteiger partial charge >= 0.3 is 0 Å². The van der Waals surface area contributed by atoms with E-state index in [1.54, 1.807) is 35.1 Å². The van der Waals surface area contributed by atoms with Crippen molar-refractivity contribution in [1.82, 2.24) is 15.1 Å². The molecule has 1 aliphatic rings. The third kappa shape index (κ3) is 3.48. The Bertz CT molecular complexity index is 736. The Morgan fingerprint density at radius 1 is 1.35 bits per heavy atom. The third-order valence-corrected chi connectivity index (χ3v) is 3.75. The van der Waals surface area contributed by atoms with Gasteiger partial charge in [0, 0.05) is 25.9 Å². The number of carbonyl (C=O) groups is 2. The molecule has 118 valence electrons. The minimum Gasteiger partial charge on any atom is -0.341 e. The molecule has 0 bridgehead atoms. The number of benzene rings is 1. The highest BCUT2D eigenvalue weighted by molar-refractivity contribution is 6.03. The maximum absolute atomic E-state index is 12.4. The van der Waals surface area contributed by atoms with E-state index in [1.807, 2.05) is 30.3 Å². The van der Waals surface area contributed by atoms with Crippen molar-refractivity contribution in [2.45, 2.75) is 12.5 Å². The molecule has 2 heterocycles. The summed E-state index contributed by atoms with van der Waals surface area (Å²) >= 11 is 0. The first-order valence-corrected chi connectivity index (χ1v) is 7.47. The van der Waals surface area contributed by atoms with E-state index in [0.29, 0.717) is 13.0 Å². The van der Waals surface area contributed by atoms with Crippen LogP contribution in [-0.2, 0) is 16.6 Å². The summed E-state index contributed by atoms with van der Waals surface area (Å²) in [5.74, 6) is -0.361. The first-order chi connectivity index (χ1) is 11.1. The summed E-state index contributed by atoms with van der Waals surface area (Å²) in [5.41, 5.74) is 1.70. The summed E-state index contributed by atoms with van der Waals surface area (Å²) < 4.78 is 1.65. The summed E-state index contributed by atoms with van der Waals surface area (Å²) in [6, 6.07) is 9.07. The van der Waals surface area contributed by atoms with E-state index in [2.05, 4.69) is 10.4 Å². The fourth-order valence-corrected chi connectivity index (χ4v) is 2.57. The quantitative estimate of drug-likeness (QED) is 0.867. The molecule has 0 radical (unpaired) electrons. The molecule has 2 aromatic rings. The highest BCUT2D eigenvalue weighted by atomic mass is 16.2. The zero-order valence-electron chi connectivity index (χ0n) is 12.8. The predicted molar refractivity (Wildman–Crippen MR) is 87.6 cm³/mol. The van der Waals surface area contributed by atoms with E-state index in [0.717, 1.165) is 11.3 Å². The molecular weight excluding hydrogens is 292 g/mol. The van der Waals surface area contributed by atoms with Crippen molar-refractivity contribution >= 4 is 23.6 Å². The van der Waals surface area contributed by atoms with Gasteiger partial charge in [-0.25, -0.2) is 0 Å². The van der Waals surface area contributed by atoms with E-state index in [1.165, 1.54) is 6.08 Å². The average molecular weight is 310 g/mol. The Hall–Kier alpha value is -2.89. The molecule has 6 heteroatoms. The van der Waals surface area contributed by atoms with Gasteiger partial charge in [-0.15, -0.1) is 0 Å². The first-order valence-electron chi connectivity index (χ1n) is 7.47. The van der Waals surface area contributed by atoms with Crippen LogP contribution in [0.3, 0.4) is 0 Å².